The first kappa shape index (κ1) is 14.1. The Labute approximate surface area is 115 Å². The molecule has 2 rings (SSSR count). The van der Waals surface area contributed by atoms with Gasteiger partial charge in [0.25, 0.3) is 0 Å². The number of rotatable bonds is 6. The zero-order valence-corrected chi connectivity index (χ0v) is 11.6. The molecule has 0 amide bonds. The molecule has 1 aliphatic heterocycles. The van der Waals surface area contributed by atoms with E-state index >= 15 is 0 Å². The van der Waals surface area contributed by atoms with Gasteiger partial charge in [-0.1, -0.05) is 30.4 Å². The fourth-order valence-electron chi connectivity index (χ4n) is 2.25. The summed E-state index contributed by atoms with van der Waals surface area (Å²) in [5.41, 5.74) is 1.14. The second-order valence-electron chi connectivity index (χ2n) is 4.73. The molecular formula is C16H23NO2. The van der Waals surface area contributed by atoms with Crippen molar-refractivity contribution >= 4 is 6.08 Å². The Morgan fingerprint density at radius 1 is 1.32 bits per heavy atom. The molecule has 0 saturated carbocycles. The van der Waals surface area contributed by atoms with E-state index in [1.165, 1.54) is 0 Å². The van der Waals surface area contributed by atoms with Gasteiger partial charge in [0.05, 0.1) is 0 Å². The number of para-hydroxylation sites is 1. The van der Waals surface area contributed by atoms with Crippen LogP contribution in [0.5, 0.6) is 5.75 Å². The quantitative estimate of drug-likeness (QED) is 0.799. The highest BCUT2D eigenvalue weighted by molar-refractivity contribution is 5.56. The standard InChI is InChI=1S/C16H23NO2/c1-2-5-14-6-3-4-7-16(14)19-13-10-17-15-8-11-18-12-9-15/h2-7,15,17H,8-13H2,1H3. The fraction of sp³-hybridized carbons (Fsp3) is 0.500. The van der Waals surface area contributed by atoms with Gasteiger partial charge in [0, 0.05) is 31.4 Å². The molecule has 1 saturated heterocycles. The van der Waals surface area contributed by atoms with E-state index in [9.17, 15) is 0 Å². The third-order valence-electron chi connectivity index (χ3n) is 3.28. The van der Waals surface area contributed by atoms with Crippen LogP contribution in [-0.2, 0) is 4.74 Å². The highest BCUT2D eigenvalue weighted by atomic mass is 16.5. The number of nitrogens with one attached hydrogen (secondary N) is 1. The fourth-order valence-corrected chi connectivity index (χ4v) is 2.25. The van der Waals surface area contributed by atoms with Crippen molar-refractivity contribution in [2.75, 3.05) is 26.4 Å². The van der Waals surface area contributed by atoms with Gasteiger partial charge in [0.15, 0.2) is 0 Å². The minimum atomic E-state index is 0.586. The summed E-state index contributed by atoms with van der Waals surface area (Å²) in [6.45, 7) is 5.36. The summed E-state index contributed by atoms with van der Waals surface area (Å²) in [5.74, 6) is 0.953. The Kier molecular flexibility index (Phi) is 5.92. The summed E-state index contributed by atoms with van der Waals surface area (Å²) in [5, 5.41) is 3.52. The van der Waals surface area contributed by atoms with E-state index in [0.29, 0.717) is 12.6 Å². The average Bonchev–Trinajstić information content (AvgIpc) is 2.47. The number of ether oxygens (including phenoxy) is 2. The van der Waals surface area contributed by atoms with Crippen molar-refractivity contribution in [1.82, 2.24) is 5.32 Å². The number of hydrogen-bond donors (Lipinski definition) is 1. The smallest absolute Gasteiger partial charge is 0.126 e. The zero-order valence-electron chi connectivity index (χ0n) is 11.6. The summed E-state index contributed by atoms with van der Waals surface area (Å²) >= 11 is 0. The molecule has 1 N–H and O–H groups in total. The number of benzene rings is 1. The molecule has 1 fully saturated rings. The van der Waals surface area contributed by atoms with Crippen molar-refractivity contribution in [2.24, 2.45) is 0 Å². The van der Waals surface area contributed by atoms with Crippen molar-refractivity contribution in [3.8, 4) is 5.75 Å². The van der Waals surface area contributed by atoms with E-state index in [1.54, 1.807) is 0 Å². The maximum absolute atomic E-state index is 5.84. The highest BCUT2D eigenvalue weighted by Gasteiger charge is 2.12. The van der Waals surface area contributed by atoms with Crippen molar-refractivity contribution in [3.63, 3.8) is 0 Å². The van der Waals surface area contributed by atoms with Gasteiger partial charge in [0.1, 0.15) is 12.4 Å². The maximum atomic E-state index is 5.84. The third kappa shape index (κ3) is 4.69. The van der Waals surface area contributed by atoms with E-state index in [2.05, 4.69) is 17.5 Å². The summed E-state index contributed by atoms with van der Waals surface area (Å²) < 4.78 is 11.2. The van der Waals surface area contributed by atoms with Gasteiger partial charge in [-0.15, -0.1) is 0 Å². The van der Waals surface area contributed by atoms with E-state index in [-0.39, 0.29) is 0 Å². The van der Waals surface area contributed by atoms with Crippen LogP contribution in [0.15, 0.2) is 30.3 Å². The number of hydrogen-bond acceptors (Lipinski definition) is 3. The van der Waals surface area contributed by atoms with Crippen molar-refractivity contribution in [1.29, 1.82) is 0 Å². The Hall–Kier alpha value is -1.32. The minimum Gasteiger partial charge on any atom is -0.492 e. The SMILES string of the molecule is CC=Cc1ccccc1OCCNC1CCOCC1. The van der Waals surface area contributed by atoms with Crippen LogP contribution in [0, 0.1) is 0 Å². The predicted octanol–water partition coefficient (Wildman–Crippen LogP) is 2.87. The molecule has 1 aromatic rings. The molecule has 1 aliphatic rings. The number of allylic oxidation sites excluding steroid dienone is 1. The summed E-state index contributed by atoms with van der Waals surface area (Å²) in [6.07, 6.45) is 6.31. The van der Waals surface area contributed by atoms with E-state index in [4.69, 9.17) is 9.47 Å². The van der Waals surface area contributed by atoms with Gasteiger partial charge in [0.2, 0.25) is 0 Å². The molecule has 1 aromatic carbocycles. The third-order valence-corrected chi connectivity index (χ3v) is 3.28. The second kappa shape index (κ2) is 7.97. The molecule has 0 atom stereocenters. The molecule has 1 heterocycles. The first-order valence-electron chi connectivity index (χ1n) is 7.06. The van der Waals surface area contributed by atoms with Crippen LogP contribution in [0.1, 0.15) is 25.3 Å². The summed E-state index contributed by atoms with van der Waals surface area (Å²) in [4.78, 5) is 0. The Bertz CT molecular complexity index is 397. The molecule has 3 heteroatoms. The summed E-state index contributed by atoms with van der Waals surface area (Å²) in [6, 6.07) is 8.71. The molecule has 104 valence electrons. The monoisotopic (exact) mass is 261 g/mol. The van der Waals surface area contributed by atoms with E-state index < -0.39 is 0 Å². The molecule has 3 nitrogen and oxygen atoms in total. The molecule has 0 spiro atoms. The van der Waals surface area contributed by atoms with Crippen LogP contribution < -0.4 is 10.1 Å². The zero-order chi connectivity index (χ0) is 13.3. The van der Waals surface area contributed by atoms with Crippen LogP contribution in [0.3, 0.4) is 0 Å². The first-order chi connectivity index (χ1) is 9.40. The molecular weight excluding hydrogens is 238 g/mol. The second-order valence-corrected chi connectivity index (χ2v) is 4.73. The van der Waals surface area contributed by atoms with Gasteiger partial charge in [-0.2, -0.15) is 0 Å². The Balaban J connectivity index is 1.73. The lowest BCUT2D eigenvalue weighted by atomic mass is 10.1. The van der Waals surface area contributed by atoms with Crippen LogP contribution in [0.2, 0.25) is 0 Å². The first-order valence-corrected chi connectivity index (χ1v) is 7.06. The Morgan fingerprint density at radius 3 is 2.89 bits per heavy atom. The molecule has 0 unspecified atom stereocenters. The molecule has 0 aliphatic carbocycles. The molecule has 0 radical (unpaired) electrons. The van der Waals surface area contributed by atoms with Gasteiger partial charge in [-0.25, -0.2) is 0 Å². The van der Waals surface area contributed by atoms with Gasteiger partial charge in [-0.3, -0.25) is 0 Å². The predicted molar refractivity (Wildman–Crippen MR) is 78.5 cm³/mol. The molecule has 0 bridgehead atoms. The maximum Gasteiger partial charge on any atom is 0.126 e. The van der Waals surface area contributed by atoms with Crippen molar-refractivity contribution in [2.45, 2.75) is 25.8 Å². The lowest BCUT2D eigenvalue weighted by Gasteiger charge is -2.23. The van der Waals surface area contributed by atoms with Crippen LogP contribution in [0.4, 0.5) is 0 Å². The van der Waals surface area contributed by atoms with Gasteiger partial charge in [-0.05, 0) is 25.8 Å². The van der Waals surface area contributed by atoms with Crippen LogP contribution >= 0.6 is 0 Å². The lowest BCUT2D eigenvalue weighted by Crippen LogP contribution is -2.37. The minimum absolute atomic E-state index is 0.586. The normalized spacial score (nSPS) is 16.9. The van der Waals surface area contributed by atoms with Crippen molar-refractivity contribution in [3.05, 3.63) is 35.9 Å². The largest absolute Gasteiger partial charge is 0.492 e. The van der Waals surface area contributed by atoms with Crippen molar-refractivity contribution < 1.29 is 9.47 Å². The van der Waals surface area contributed by atoms with Gasteiger partial charge >= 0.3 is 0 Å². The summed E-state index contributed by atoms with van der Waals surface area (Å²) in [7, 11) is 0. The Morgan fingerprint density at radius 2 is 2.11 bits per heavy atom. The van der Waals surface area contributed by atoms with Gasteiger partial charge < -0.3 is 14.8 Å². The topological polar surface area (TPSA) is 30.5 Å². The average molecular weight is 261 g/mol. The van der Waals surface area contributed by atoms with Crippen LogP contribution in [0.25, 0.3) is 6.08 Å². The van der Waals surface area contributed by atoms with Crippen LogP contribution in [-0.4, -0.2) is 32.4 Å². The van der Waals surface area contributed by atoms with E-state index in [0.717, 1.165) is 43.9 Å². The molecule has 0 aromatic heterocycles. The van der Waals surface area contributed by atoms with E-state index in [1.807, 2.05) is 31.2 Å². The molecule has 19 heavy (non-hydrogen) atoms. The lowest BCUT2D eigenvalue weighted by molar-refractivity contribution is 0.0770. The highest BCUT2D eigenvalue weighted by Crippen LogP contribution is 2.19.